The monoisotopic (exact) mass is 300 g/mol. The Morgan fingerprint density at radius 2 is 2.20 bits per heavy atom. The molecule has 0 amide bonds. The molecule has 0 aromatic carbocycles. The number of hydrogen-bond acceptors (Lipinski definition) is 2. The van der Waals surface area contributed by atoms with E-state index in [2.05, 4.69) is 15.2 Å². The zero-order valence-corrected chi connectivity index (χ0v) is 14.0. The molecule has 1 aromatic rings. The molecule has 0 bridgehead atoms. The fraction of sp³-hybridized carbons (Fsp3) is 0.643. The van der Waals surface area contributed by atoms with Crippen molar-refractivity contribution in [1.82, 2.24) is 14.8 Å². The Hall–Kier alpha value is -1.20. The SMILES string of the molecule is CN=C(NCC(C)(C)OC)N(C)Cc1cc(Cl)cn1C. The molecule has 0 radical (unpaired) electrons. The summed E-state index contributed by atoms with van der Waals surface area (Å²) in [5, 5.41) is 4.06. The number of halogens is 1. The second-order valence-electron chi connectivity index (χ2n) is 5.48. The van der Waals surface area contributed by atoms with Gasteiger partial charge in [0, 0.05) is 46.7 Å². The molecule has 5 nitrogen and oxygen atoms in total. The lowest BCUT2D eigenvalue weighted by Gasteiger charge is -2.28. The minimum atomic E-state index is -0.231. The minimum absolute atomic E-state index is 0.231. The van der Waals surface area contributed by atoms with E-state index >= 15 is 0 Å². The van der Waals surface area contributed by atoms with Crippen molar-refractivity contribution in [2.24, 2.45) is 12.0 Å². The second kappa shape index (κ2) is 6.99. The first kappa shape index (κ1) is 16.9. The molecule has 0 unspecified atom stereocenters. The molecule has 0 atom stereocenters. The Balaban J connectivity index is 2.64. The number of rotatable bonds is 5. The highest BCUT2D eigenvalue weighted by Crippen LogP contribution is 2.14. The number of aromatic nitrogens is 1. The maximum absolute atomic E-state index is 6.00. The van der Waals surface area contributed by atoms with Crippen LogP contribution in [-0.4, -0.2) is 48.8 Å². The minimum Gasteiger partial charge on any atom is -0.377 e. The van der Waals surface area contributed by atoms with E-state index in [1.54, 1.807) is 14.2 Å². The molecule has 0 aliphatic rings. The standard InChI is InChI=1S/C14H25ClN4O/c1-14(2,20-6)10-17-13(16-3)19(5)9-12-7-11(15)8-18(12)4/h7-8H,9-10H2,1-6H3,(H,16,17). The van der Waals surface area contributed by atoms with Crippen LogP contribution in [0, 0.1) is 0 Å². The summed E-state index contributed by atoms with van der Waals surface area (Å²) in [6.07, 6.45) is 1.90. The average molecular weight is 301 g/mol. The Morgan fingerprint density at radius 3 is 2.65 bits per heavy atom. The van der Waals surface area contributed by atoms with Crippen molar-refractivity contribution in [3.63, 3.8) is 0 Å². The molecule has 6 heteroatoms. The van der Waals surface area contributed by atoms with E-state index in [1.165, 1.54) is 0 Å². The smallest absolute Gasteiger partial charge is 0.193 e. The van der Waals surface area contributed by atoms with Gasteiger partial charge in [0.1, 0.15) is 0 Å². The van der Waals surface area contributed by atoms with Crippen molar-refractivity contribution in [2.45, 2.75) is 26.0 Å². The van der Waals surface area contributed by atoms with Crippen LogP contribution in [0.25, 0.3) is 0 Å². The highest BCUT2D eigenvalue weighted by molar-refractivity contribution is 6.30. The Kier molecular flexibility index (Phi) is 5.89. The van der Waals surface area contributed by atoms with Gasteiger partial charge in [-0.3, -0.25) is 4.99 Å². The predicted octanol–water partition coefficient (Wildman–Crippen LogP) is 2.11. The summed E-state index contributed by atoms with van der Waals surface area (Å²) in [4.78, 5) is 6.34. The molecule has 1 N–H and O–H groups in total. The van der Waals surface area contributed by atoms with Crippen molar-refractivity contribution in [3.8, 4) is 0 Å². The van der Waals surface area contributed by atoms with E-state index in [0.717, 1.165) is 23.2 Å². The normalized spacial score (nSPS) is 12.7. The summed E-state index contributed by atoms with van der Waals surface area (Å²) in [6.45, 7) is 5.49. The quantitative estimate of drug-likeness (QED) is 0.669. The molecule has 0 aliphatic carbocycles. The fourth-order valence-corrected chi connectivity index (χ4v) is 2.06. The summed E-state index contributed by atoms with van der Waals surface area (Å²) in [7, 11) is 7.46. The molecule has 114 valence electrons. The van der Waals surface area contributed by atoms with Crippen molar-refractivity contribution in [3.05, 3.63) is 23.0 Å². The van der Waals surface area contributed by atoms with E-state index in [4.69, 9.17) is 16.3 Å². The maximum atomic E-state index is 6.00. The van der Waals surface area contributed by atoms with Crippen molar-refractivity contribution >= 4 is 17.6 Å². The Morgan fingerprint density at radius 1 is 1.55 bits per heavy atom. The van der Waals surface area contributed by atoms with E-state index in [1.807, 2.05) is 44.8 Å². The first-order chi connectivity index (χ1) is 9.29. The molecule has 20 heavy (non-hydrogen) atoms. The van der Waals surface area contributed by atoms with E-state index < -0.39 is 0 Å². The molecule has 0 saturated heterocycles. The lowest BCUT2D eigenvalue weighted by Crippen LogP contribution is -2.45. The van der Waals surface area contributed by atoms with Gasteiger partial charge in [0.2, 0.25) is 0 Å². The Bertz CT molecular complexity index is 468. The maximum Gasteiger partial charge on any atom is 0.193 e. The van der Waals surface area contributed by atoms with Crippen LogP contribution in [0.1, 0.15) is 19.5 Å². The van der Waals surface area contributed by atoms with Gasteiger partial charge in [-0.05, 0) is 19.9 Å². The van der Waals surface area contributed by atoms with Gasteiger partial charge in [0.25, 0.3) is 0 Å². The molecule has 1 rings (SSSR count). The molecular formula is C14H25ClN4O. The number of nitrogens with zero attached hydrogens (tertiary/aromatic N) is 3. The van der Waals surface area contributed by atoms with Crippen LogP contribution in [0.15, 0.2) is 17.3 Å². The van der Waals surface area contributed by atoms with Gasteiger partial charge in [-0.2, -0.15) is 0 Å². The summed E-state index contributed by atoms with van der Waals surface area (Å²) in [5.41, 5.74) is 0.900. The van der Waals surface area contributed by atoms with E-state index in [9.17, 15) is 0 Å². The predicted molar refractivity (Wildman–Crippen MR) is 84.3 cm³/mol. The molecule has 0 fully saturated rings. The van der Waals surface area contributed by atoms with Gasteiger partial charge in [-0.25, -0.2) is 0 Å². The van der Waals surface area contributed by atoms with Crippen LogP contribution in [0.2, 0.25) is 5.02 Å². The summed E-state index contributed by atoms with van der Waals surface area (Å²) in [6, 6.07) is 1.96. The van der Waals surface area contributed by atoms with Crippen molar-refractivity contribution in [1.29, 1.82) is 0 Å². The topological polar surface area (TPSA) is 41.8 Å². The summed E-state index contributed by atoms with van der Waals surface area (Å²) in [5.74, 6) is 0.826. The fourth-order valence-electron chi connectivity index (χ4n) is 1.79. The number of hydrogen-bond donors (Lipinski definition) is 1. The van der Waals surface area contributed by atoms with Gasteiger partial charge < -0.3 is 19.5 Å². The third-order valence-electron chi connectivity index (χ3n) is 3.27. The third-order valence-corrected chi connectivity index (χ3v) is 3.48. The van der Waals surface area contributed by atoms with Gasteiger partial charge in [0.05, 0.1) is 17.2 Å². The zero-order chi connectivity index (χ0) is 15.3. The van der Waals surface area contributed by atoms with Crippen LogP contribution in [0.3, 0.4) is 0 Å². The summed E-state index contributed by atoms with van der Waals surface area (Å²) >= 11 is 6.00. The summed E-state index contributed by atoms with van der Waals surface area (Å²) < 4.78 is 7.41. The third kappa shape index (κ3) is 4.72. The highest BCUT2D eigenvalue weighted by atomic mass is 35.5. The first-order valence-electron chi connectivity index (χ1n) is 6.56. The molecule has 1 heterocycles. The lowest BCUT2D eigenvalue weighted by molar-refractivity contribution is 0.0264. The Labute approximate surface area is 126 Å². The lowest BCUT2D eigenvalue weighted by atomic mass is 10.1. The number of guanidine groups is 1. The average Bonchev–Trinajstić information content (AvgIpc) is 2.68. The molecule has 0 aliphatic heterocycles. The molecule has 0 spiro atoms. The van der Waals surface area contributed by atoms with Crippen molar-refractivity contribution in [2.75, 3.05) is 27.7 Å². The number of aryl methyl sites for hydroxylation is 1. The van der Waals surface area contributed by atoms with Crippen LogP contribution in [-0.2, 0) is 18.3 Å². The van der Waals surface area contributed by atoms with Gasteiger partial charge >= 0.3 is 0 Å². The van der Waals surface area contributed by atoms with E-state index in [0.29, 0.717) is 6.54 Å². The van der Waals surface area contributed by atoms with Gasteiger partial charge in [-0.1, -0.05) is 11.6 Å². The number of aliphatic imine (C=N–C) groups is 1. The number of ether oxygens (including phenoxy) is 1. The molecular weight excluding hydrogens is 276 g/mol. The number of nitrogens with one attached hydrogen (secondary N) is 1. The van der Waals surface area contributed by atoms with Crippen LogP contribution in [0.4, 0.5) is 0 Å². The number of methoxy groups -OCH3 is 1. The van der Waals surface area contributed by atoms with Gasteiger partial charge in [0.15, 0.2) is 5.96 Å². The first-order valence-corrected chi connectivity index (χ1v) is 6.94. The highest BCUT2D eigenvalue weighted by Gasteiger charge is 2.18. The largest absolute Gasteiger partial charge is 0.377 e. The molecule has 1 aromatic heterocycles. The molecule has 0 saturated carbocycles. The van der Waals surface area contributed by atoms with Crippen LogP contribution >= 0.6 is 11.6 Å². The zero-order valence-electron chi connectivity index (χ0n) is 13.2. The second-order valence-corrected chi connectivity index (χ2v) is 5.92. The van der Waals surface area contributed by atoms with Gasteiger partial charge in [-0.15, -0.1) is 0 Å². The van der Waals surface area contributed by atoms with Crippen LogP contribution in [0.5, 0.6) is 0 Å². The van der Waals surface area contributed by atoms with Crippen molar-refractivity contribution < 1.29 is 4.74 Å². The van der Waals surface area contributed by atoms with E-state index in [-0.39, 0.29) is 5.60 Å². The van der Waals surface area contributed by atoms with Crippen LogP contribution < -0.4 is 5.32 Å².